The van der Waals surface area contributed by atoms with Crippen molar-refractivity contribution in [1.82, 2.24) is 0 Å². The van der Waals surface area contributed by atoms with Gasteiger partial charge in [0.1, 0.15) is 11.5 Å². The van der Waals surface area contributed by atoms with E-state index < -0.39 is 30.4 Å². The maximum Gasteiger partial charge on any atom is 0.573 e. The average molecular weight is 222 g/mol. The first-order chi connectivity index (χ1) is 6.79. The van der Waals surface area contributed by atoms with Crippen LogP contribution in [0.3, 0.4) is 0 Å². The lowest BCUT2D eigenvalue weighted by Crippen LogP contribution is -2.33. The van der Waals surface area contributed by atoms with Crippen LogP contribution in [0.25, 0.3) is 0 Å². The van der Waals surface area contributed by atoms with Crippen LogP contribution in [0.4, 0.5) is 13.2 Å². The second-order valence-electron chi connectivity index (χ2n) is 2.64. The Kier molecular flexibility index (Phi) is 3.11. The number of alkyl halides is 3. The van der Waals surface area contributed by atoms with Gasteiger partial charge in [-0.1, -0.05) is 6.07 Å². The molecule has 0 saturated carbocycles. The van der Waals surface area contributed by atoms with Crippen molar-refractivity contribution in [3.05, 3.63) is 18.2 Å². The van der Waals surface area contributed by atoms with Gasteiger partial charge in [0.2, 0.25) is 0 Å². The van der Waals surface area contributed by atoms with E-state index in [2.05, 4.69) is 4.74 Å². The number of rotatable bonds is 2. The molecule has 4 nitrogen and oxygen atoms in total. The second kappa shape index (κ2) is 3.99. The van der Waals surface area contributed by atoms with E-state index in [0.29, 0.717) is 6.07 Å². The molecule has 0 bridgehead atoms. The van der Waals surface area contributed by atoms with E-state index >= 15 is 0 Å². The minimum Gasteiger partial charge on any atom is -0.508 e. The summed E-state index contributed by atoms with van der Waals surface area (Å²) in [6.45, 7) is 0. The summed E-state index contributed by atoms with van der Waals surface area (Å²) in [5.74, 6) is -1.32. The van der Waals surface area contributed by atoms with Crippen LogP contribution in [0, 0.1) is 0 Å². The first-order valence-corrected chi connectivity index (χ1v) is 3.74. The summed E-state index contributed by atoms with van der Waals surface area (Å²) in [4.78, 5) is 0. The van der Waals surface area contributed by atoms with Crippen LogP contribution in [-0.4, -0.2) is 28.6 Å². The molecule has 0 radical (unpaired) electrons. The molecule has 0 aliphatic heterocycles. The fourth-order valence-electron chi connectivity index (χ4n) is 0.949. The molecule has 0 amide bonds. The van der Waals surface area contributed by atoms with Crippen molar-refractivity contribution in [2.75, 3.05) is 0 Å². The summed E-state index contributed by atoms with van der Waals surface area (Å²) in [5, 5.41) is 26.3. The summed E-state index contributed by atoms with van der Waals surface area (Å²) < 4.78 is 39.0. The Morgan fingerprint density at radius 1 is 1.20 bits per heavy atom. The van der Waals surface area contributed by atoms with E-state index in [-0.39, 0.29) is 0 Å². The molecule has 15 heavy (non-hydrogen) atoms. The van der Waals surface area contributed by atoms with E-state index in [4.69, 9.17) is 15.2 Å². The zero-order valence-corrected chi connectivity index (χ0v) is 7.19. The van der Waals surface area contributed by atoms with Gasteiger partial charge in [0, 0.05) is 11.5 Å². The van der Waals surface area contributed by atoms with Gasteiger partial charge in [-0.2, -0.15) is 0 Å². The molecule has 0 aliphatic carbocycles. The van der Waals surface area contributed by atoms with Crippen molar-refractivity contribution in [2.24, 2.45) is 0 Å². The van der Waals surface area contributed by atoms with Gasteiger partial charge in [-0.3, -0.25) is 0 Å². The molecule has 0 heterocycles. The maximum atomic E-state index is 11.8. The SMILES string of the molecule is OB(O)c1ccc(O)cc1OC(F)(F)F. The molecule has 0 fully saturated rings. The summed E-state index contributed by atoms with van der Waals surface area (Å²) in [5.41, 5.74) is -0.481. The van der Waals surface area contributed by atoms with Crippen LogP contribution in [0.5, 0.6) is 11.5 Å². The molecule has 0 atom stereocenters. The number of phenols is 1. The first-order valence-electron chi connectivity index (χ1n) is 3.74. The summed E-state index contributed by atoms with van der Waals surface area (Å²) >= 11 is 0. The Labute approximate surface area is 82.7 Å². The van der Waals surface area contributed by atoms with Gasteiger partial charge in [-0.25, -0.2) is 0 Å². The highest BCUT2D eigenvalue weighted by molar-refractivity contribution is 6.59. The number of aromatic hydroxyl groups is 1. The molecule has 8 heteroatoms. The van der Waals surface area contributed by atoms with Crippen LogP contribution in [-0.2, 0) is 0 Å². The van der Waals surface area contributed by atoms with Crippen LogP contribution in [0.2, 0.25) is 0 Å². The van der Waals surface area contributed by atoms with E-state index in [0.717, 1.165) is 12.1 Å². The van der Waals surface area contributed by atoms with E-state index in [9.17, 15) is 13.2 Å². The molecular weight excluding hydrogens is 216 g/mol. The molecule has 1 aromatic rings. The van der Waals surface area contributed by atoms with Gasteiger partial charge in [-0.15, -0.1) is 13.2 Å². The Balaban J connectivity index is 3.08. The molecule has 0 spiro atoms. The molecule has 1 rings (SSSR count). The van der Waals surface area contributed by atoms with Crippen molar-refractivity contribution in [3.8, 4) is 11.5 Å². The number of phenolic OH excluding ortho intramolecular Hbond substituents is 1. The normalized spacial score (nSPS) is 11.3. The minimum absolute atomic E-state index is 0.473. The van der Waals surface area contributed by atoms with Gasteiger partial charge in [0.05, 0.1) is 0 Å². The zero-order chi connectivity index (χ0) is 11.6. The average Bonchev–Trinajstić information content (AvgIpc) is 1.99. The fraction of sp³-hybridized carbons (Fsp3) is 0.143. The van der Waals surface area contributed by atoms with Gasteiger partial charge in [0.15, 0.2) is 0 Å². The highest BCUT2D eigenvalue weighted by Gasteiger charge is 2.33. The molecule has 0 saturated heterocycles. The van der Waals surface area contributed by atoms with Crippen molar-refractivity contribution in [2.45, 2.75) is 6.36 Å². The Bertz CT molecular complexity index is 353. The quantitative estimate of drug-likeness (QED) is 0.614. The third-order valence-corrected chi connectivity index (χ3v) is 1.50. The number of hydrogen-bond acceptors (Lipinski definition) is 4. The lowest BCUT2D eigenvalue weighted by atomic mass is 9.79. The van der Waals surface area contributed by atoms with Gasteiger partial charge in [-0.05, 0) is 6.07 Å². The molecule has 3 N–H and O–H groups in total. The van der Waals surface area contributed by atoms with Crippen molar-refractivity contribution < 1.29 is 33.1 Å². The summed E-state index contributed by atoms with van der Waals surface area (Å²) in [7, 11) is -2.11. The minimum atomic E-state index is -4.96. The third kappa shape index (κ3) is 3.33. The van der Waals surface area contributed by atoms with E-state index in [1.165, 1.54) is 0 Å². The highest BCUT2D eigenvalue weighted by Crippen LogP contribution is 2.24. The molecule has 82 valence electrons. The van der Waals surface area contributed by atoms with Gasteiger partial charge in [0.25, 0.3) is 0 Å². The predicted octanol–water partition coefficient (Wildman–Crippen LogP) is -0.0294. The number of hydrogen-bond donors (Lipinski definition) is 3. The molecule has 1 aromatic carbocycles. The van der Waals surface area contributed by atoms with E-state index in [1.54, 1.807) is 0 Å². The fourth-order valence-corrected chi connectivity index (χ4v) is 0.949. The van der Waals surface area contributed by atoms with E-state index in [1.807, 2.05) is 0 Å². The summed E-state index contributed by atoms with van der Waals surface area (Å²) in [6.07, 6.45) is -4.96. The Morgan fingerprint density at radius 3 is 2.27 bits per heavy atom. The summed E-state index contributed by atoms with van der Waals surface area (Å²) in [6, 6.07) is 2.57. The van der Waals surface area contributed by atoms with Crippen LogP contribution >= 0.6 is 0 Å². The van der Waals surface area contributed by atoms with Crippen molar-refractivity contribution in [1.29, 1.82) is 0 Å². The highest BCUT2D eigenvalue weighted by atomic mass is 19.4. The smallest absolute Gasteiger partial charge is 0.508 e. The predicted molar refractivity (Wildman–Crippen MR) is 44.6 cm³/mol. The lowest BCUT2D eigenvalue weighted by Gasteiger charge is -2.12. The van der Waals surface area contributed by atoms with Crippen LogP contribution < -0.4 is 10.2 Å². The number of benzene rings is 1. The van der Waals surface area contributed by atoms with Crippen molar-refractivity contribution in [3.63, 3.8) is 0 Å². The monoisotopic (exact) mass is 222 g/mol. The lowest BCUT2D eigenvalue weighted by molar-refractivity contribution is -0.274. The maximum absolute atomic E-state index is 11.8. The van der Waals surface area contributed by atoms with Crippen molar-refractivity contribution >= 4 is 12.6 Å². The first kappa shape index (κ1) is 11.7. The second-order valence-corrected chi connectivity index (χ2v) is 2.64. The zero-order valence-electron chi connectivity index (χ0n) is 7.19. The van der Waals surface area contributed by atoms with Crippen LogP contribution in [0.1, 0.15) is 0 Å². The topological polar surface area (TPSA) is 69.9 Å². The molecule has 0 aliphatic rings. The molecule has 0 aromatic heterocycles. The largest absolute Gasteiger partial charge is 0.573 e. The van der Waals surface area contributed by atoms with Crippen LogP contribution in [0.15, 0.2) is 18.2 Å². The molecule has 0 unspecified atom stereocenters. The Hall–Kier alpha value is -1.41. The number of ether oxygens (including phenoxy) is 1. The standard InChI is InChI=1S/C7H6BF3O4/c9-7(10,11)15-6-3-4(12)1-2-5(6)8(13)14/h1-3,12-14H. The Morgan fingerprint density at radius 2 is 1.80 bits per heavy atom. The van der Waals surface area contributed by atoms with Gasteiger partial charge < -0.3 is 19.9 Å². The number of halogens is 3. The van der Waals surface area contributed by atoms with Gasteiger partial charge >= 0.3 is 13.5 Å². The third-order valence-electron chi connectivity index (χ3n) is 1.50. The molecular formula is C7H6BF3O4.